The fourth-order valence-corrected chi connectivity index (χ4v) is 3.50. The van der Waals surface area contributed by atoms with Crippen LogP contribution in [0, 0.1) is 0 Å². The van der Waals surface area contributed by atoms with E-state index >= 15 is 0 Å². The number of aliphatic hydroxyl groups is 1. The summed E-state index contributed by atoms with van der Waals surface area (Å²) in [7, 11) is 0. The van der Waals surface area contributed by atoms with Crippen molar-refractivity contribution in [3.05, 3.63) is 34.3 Å². The van der Waals surface area contributed by atoms with Gasteiger partial charge >= 0.3 is 0 Å². The van der Waals surface area contributed by atoms with Crippen molar-refractivity contribution in [1.82, 2.24) is 5.32 Å². The first kappa shape index (κ1) is 14.5. The van der Waals surface area contributed by atoms with Crippen LogP contribution >= 0.6 is 15.9 Å². The molecule has 0 spiro atoms. The van der Waals surface area contributed by atoms with Crippen molar-refractivity contribution >= 4 is 15.9 Å². The SMILES string of the molecule is OC1(CNC2CC(c3cccc(Br)c3)C2)CCOCC1. The summed E-state index contributed by atoms with van der Waals surface area (Å²) in [5, 5.41) is 13.9. The fraction of sp³-hybridized carbons (Fsp3) is 0.625. The minimum Gasteiger partial charge on any atom is -0.388 e. The van der Waals surface area contributed by atoms with E-state index in [1.807, 2.05) is 0 Å². The Morgan fingerprint density at radius 3 is 2.75 bits per heavy atom. The summed E-state index contributed by atoms with van der Waals surface area (Å²) in [6, 6.07) is 9.14. The lowest BCUT2D eigenvalue weighted by molar-refractivity contribution is -0.0640. The number of ether oxygens (including phenoxy) is 1. The Labute approximate surface area is 128 Å². The molecule has 2 N–H and O–H groups in total. The maximum absolute atomic E-state index is 10.4. The summed E-state index contributed by atoms with van der Waals surface area (Å²) in [5.41, 5.74) is 0.862. The standard InChI is InChI=1S/C16H22BrNO2/c17-14-3-1-2-12(8-14)13-9-15(10-13)18-11-16(19)4-6-20-7-5-16/h1-3,8,13,15,18-19H,4-7,9-11H2. The van der Waals surface area contributed by atoms with Crippen LogP contribution in [0.2, 0.25) is 0 Å². The third kappa shape index (κ3) is 3.42. The second-order valence-corrected chi connectivity index (χ2v) is 7.05. The zero-order chi connectivity index (χ0) is 14.0. The predicted octanol–water partition coefficient (Wildman–Crippen LogP) is 2.83. The molecule has 4 heteroatoms. The van der Waals surface area contributed by atoms with E-state index in [1.54, 1.807) is 0 Å². The van der Waals surface area contributed by atoms with Crippen LogP contribution in [0.15, 0.2) is 28.7 Å². The van der Waals surface area contributed by atoms with E-state index in [9.17, 15) is 5.11 Å². The molecule has 1 aliphatic heterocycles. The largest absolute Gasteiger partial charge is 0.388 e. The van der Waals surface area contributed by atoms with Gasteiger partial charge in [-0.05, 0) is 36.5 Å². The molecule has 1 saturated carbocycles. The Balaban J connectivity index is 1.44. The molecule has 110 valence electrons. The van der Waals surface area contributed by atoms with Crippen LogP contribution in [0.25, 0.3) is 0 Å². The molecule has 0 amide bonds. The van der Waals surface area contributed by atoms with Crippen molar-refractivity contribution in [2.24, 2.45) is 0 Å². The Kier molecular flexibility index (Phi) is 4.46. The van der Waals surface area contributed by atoms with Crippen molar-refractivity contribution in [2.45, 2.75) is 43.2 Å². The van der Waals surface area contributed by atoms with Crippen LogP contribution in [-0.4, -0.2) is 36.5 Å². The molecule has 1 aromatic carbocycles. The highest BCUT2D eigenvalue weighted by molar-refractivity contribution is 9.10. The molecule has 3 nitrogen and oxygen atoms in total. The highest BCUT2D eigenvalue weighted by atomic mass is 79.9. The van der Waals surface area contributed by atoms with Crippen LogP contribution in [0.4, 0.5) is 0 Å². The van der Waals surface area contributed by atoms with Gasteiger partial charge in [-0.2, -0.15) is 0 Å². The summed E-state index contributed by atoms with van der Waals surface area (Å²) in [5.74, 6) is 0.661. The molecule has 0 radical (unpaired) electrons. The third-order valence-corrected chi connectivity index (χ3v) is 5.09. The lowest BCUT2D eigenvalue weighted by Gasteiger charge is -2.40. The normalized spacial score (nSPS) is 28.9. The molecule has 1 aromatic rings. The summed E-state index contributed by atoms with van der Waals surface area (Å²) in [6.07, 6.45) is 3.84. The predicted molar refractivity (Wildman–Crippen MR) is 82.9 cm³/mol. The molecular weight excluding hydrogens is 318 g/mol. The second kappa shape index (κ2) is 6.14. The van der Waals surface area contributed by atoms with Crippen molar-refractivity contribution in [2.75, 3.05) is 19.8 Å². The van der Waals surface area contributed by atoms with E-state index < -0.39 is 5.60 Å². The first-order chi connectivity index (χ1) is 9.65. The van der Waals surface area contributed by atoms with E-state index in [4.69, 9.17) is 4.74 Å². The van der Waals surface area contributed by atoms with Gasteiger partial charge in [0.15, 0.2) is 0 Å². The molecule has 2 fully saturated rings. The highest BCUT2D eigenvalue weighted by Gasteiger charge is 2.34. The second-order valence-electron chi connectivity index (χ2n) is 6.14. The van der Waals surface area contributed by atoms with E-state index in [0.717, 1.165) is 17.3 Å². The molecule has 1 aliphatic carbocycles. The summed E-state index contributed by atoms with van der Waals surface area (Å²) >= 11 is 3.53. The van der Waals surface area contributed by atoms with Crippen LogP contribution in [0.3, 0.4) is 0 Å². The van der Waals surface area contributed by atoms with E-state index in [1.165, 1.54) is 18.4 Å². The van der Waals surface area contributed by atoms with Gasteiger partial charge in [0.2, 0.25) is 0 Å². The fourth-order valence-electron chi connectivity index (χ4n) is 3.08. The molecule has 20 heavy (non-hydrogen) atoms. The summed E-state index contributed by atoms with van der Waals surface area (Å²) < 4.78 is 6.46. The number of benzene rings is 1. The zero-order valence-corrected chi connectivity index (χ0v) is 13.2. The monoisotopic (exact) mass is 339 g/mol. The van der Waals surface area contributed by atoms with E-state index in [2.05, 4.69) is 45.5 Å². The van der Waals surface area contributed by atoms with Gasteiger partial charge in [-0.25, -0.2) is 0 Å². The van der Waals surface area contributed by atoms with Crippen LogP contribution < -0.4 is 5.32 Å². The van der Waals surface area contributed by atoms with Crippen molar-refractivity contribution in [3.63, 3.8) is 0 Å². The van der Waals surface area contributed by atoms with E-state index in [0.29, 0.717) is 31.7 Å². The van der Waals surface area contributed by atoms with Crippen LogP contribution in [-0.2, 0) is 4.74 Å². The minimum atomic E-state index is -0.556. The first-order valence-corrected chi connectivity index (χ1v) is 8.23. The number of hydrogen-bond donors (Lipinski definition) is 2. The quantitative estimate of drug-likeness (QED) is 0.886. The maximum Gasteiger partial charge on any atom is 0.0815 e. The summed E-state index contributed by atoms with van der Waals surface area (Å²) in [6.45, 7) is 2.07. The van der Waals surface area contributed by atoms with Gasteiger partial charge in [-0.3, -0.25) is 0 Å². The molecule has 0 aromatic heterocycles. The lowest BCUT2D eigenvalue weighted by Crippen LogP contribution is -2.50. The summed E-state index contributed by atoms with van der Waals surface area (Å²) in [4.78, 5) is 0. The molecule has 1 saturated heterocycles. The molecular formula is C16H22BrNO2. The molecule has 0 atom stereocenters. The van der Waals surface area contributed by atoms with Crippen LogP contribution in [0.5, 0.6) is 0 Å². The smallest absolute Gasteiger partial charge is 0.0815 e. The Morgan fingerprint density at radius 2 is 2.05 bits per heavy atom. The number of rotatable bonds is 4. The molecule has 3 rings (SSSR count). The topological polar surface area (TPSA) is 41.5 Å². The van der Waals surface area contributed by atoms with Crippen LogP contribution in [0.1, 0.15) is 37.2 Å². The third-order valence-electron chi connectivity index (χ3n) is 4.60. The number of hydrogen-bond acceptors (Lipinski definition) is 3. The average molecular weight is 340 g/mol. The van der Waals surface area contributed by atoms with Gasteiger partial charge in [-0.1, -0.05) is 28.1 Å². The van der Waals surface area contributed by atoms with Gasteiger partial charge in [0.25, 0.3) is 0 Å². The average Bonchev–Trinajstić information content (AvgIpc) is 2.38. The van der Waals surface area contributed by atoms with Gasteiger partial charge in [0.05, 0.1) is 5.60 Å². The first-order valence-electron chi connectivity index (χ1n) is 7.44. The lowest BCUT2D eigenvalue weighted by atomic mass is 9.75. The molecule has 1 heterocycles. The minimum absolute atomic E-state index is 0.547. The van der Waals surface area contributed by atoms with E-state index in [-0.39, 0.29) is 0 Å². The molecule has 0 bridgehead atoms. The van der Waals surface area contributed by atoms with Gasteiger partial charge in [0.1, 0.15) is 0 Å². The maximum atomic E-state index is 10.4. The zero-order valence-electron chi connectivity index (χ0n) is 11.6. The Morgan fingerprint density at radius 1 is 1.30 bits per heavy atom. The van der Waals surface area contributed by atoms with Crippen molar-refractivity contribution in [1.29, 1.82) is 0 Å². The number of nitrogens with one attached hydrogen (secondary N) is 1. The van der Waals surface area contributed by atoms with Crippen molar-refractivity contribution < 1.29 is 9.84 Å². The van der Waals surface area contributed by atoms with Crippen molar-refractivity contribution in [3.8, 4) is 0 Å². The molecule has 2 aliphatic rings. The Bertz CT molecular complexity index is 454. The highest BCUT2D eigenvalue weighted by Crippen LogP contribution is 2.38. The van der Waals surface area contributed by atoms with Gasteiger partial charge in [-0.15, -0.1) is 0 Å². The Hall–Kier alpha value is -0.420. The van der Waals surface area contributed by atoms with Gasteiger partial charge < -0.3 is 15.2 Å². The number of halogens is 1. The van der Waals surface area contributed by atoms with Gasteiger partial charge in [0, 0.05) is 43.1 Å². The molecule has 0 unspecified atom stereocenters.